The van der Waals surface area contributed by atoms with Gasteiger partial charge in [-0.05, 0) is 89.2 Å². The minimum absolute atomic E-state index is 0.871. The Morgan fingerprint density at radius 2 is 1.12 bits per heavy atom. The second-order valence-corrected chi connectivity index (χ2v) is 19.0. The molecule has 0 saturated carbocycles. The highest BCUT2D eigenvalue weighted by atomic mass is 28.3. The maximum absolute atomic E-state index is 6.37. The zero-order valence-electron chi connectivity index (χ0n) is 32.9. The molecule has 0 atom stereocenters. The van der Waals surface area contributed by atoms with E-state index in [1.807, 2.05) is 24.3 Å². The van der Waals surface area contributed by atoms with Gasteiger partial charge in [-0.3, -0.25) is 0 Å². The van der Waals surface area contributed by atoms with Crippen LogP contribution in [0.1, 0.15) is 6.92 Å². The Morgan fingerprint density at radius 1 is 0.525 bits per heavy atom. The van der Waals surface area contributed by atoms with Gasteiger partial charge in [0.05, 0.1) is 16.7 Å². The van der Waals surface area contributed by atoms with Gasteiger partial charge in [-0.1, -0.05) is 170 Å². The number of furan rings is 1. The fraction of sp³-hybridized carbons (Fsp3) is 0.0182. The van der Waals surface area contributed by atoms with E-state index in [1.54, 1.807) is 0 Å². The van der Waals surface area contributed by atoms with Crippen LogP contribution in [0, 0.1) is 0 Å². The molecule has 0 N–H and O–H groups in total. The zero-order valence-corrected chi connectivity index (χ0v) is 33.9. The van der Waals surface area contributed by atoms with Crippen LogP contribution in [0.3, 0.4) is 0 Å². The van der Waals surface area contributed by atoms with Gasteiger partial charge in [-0.25, -0.2) is 0 Å². The molecule has 4 heteroatoms. The molecule has 3 nitrogen and oxygen atoms in total. The summed E-state index contributed by atoms with van der Waals surface area (Å²) in [6.45, 7) is 6.26. The first-order chi connectivity index (χ1) is 29.2. The van der Waals surface area contributed by atoms with E-state index < -0.39 is 8.07 Å². The maximum Gasteiger partial charge on any atom is 0.175 e. The molecule has 2 aromatic heterocycles. The van der Waals surface area contributed by atoms with Crippen LogP contribution in [0.15, 0.2) is 241 Å². The topological polar surface area (TPSA) is 21.3 Å². The molecule has 0 spiro atoms. The van der Waals surface area contributed by atoms with E-state index in [-0.39, 0.29) is 0 Å². The van der Waals surface area contributed by atoms with E-state index in [1.165, 1.54) is 37.0 Å². The van der Waals surface area contributed by atoms with E-state index in [9.17, 15) is 0 Å². The van der Waals surface area contributed by atoms with Crippen molar-refractivity contribution in [2.75, 3.05) is 4.90 Å². The third-order valence-corrected chi connectivity index (χ3v) is 16.6. The average Bonchev–Trinajstić information content (AvgIpc) is 3.84. The van der Waals surface area contributed by atoms with Crippen molar-refractivity contribution < 1.29 is 4.42 Å². The molecule has 10 rings (SSSR count). The van der Waals surface area contributed by atoms with E-state index in [0.29, 0.717) is 0 Å². The molecule has 0 amide bonds. The summed E-state index contributed by atoms with van der Waals surface area (Å²) < 4.78 is 8.77. The Hall–Kier alpha value is -7.40. The van der Waals surface area contributed by atoms with Gasteiger partial charge < -0.3 is 13.9 Å². The predicted octanol–water partition coefficient (Wildman–Crippen LogP) is 12.9. The summed E-state index contributed by atoms with van der Waals surface area (Å²) >= 11 is 0. The normalized spacial score (nSPS) is 12.3. The molecule has 59 heavy (non-hydrogen) atoms. The van der Waals surface area contributed by atoms with Crippen LogP contribution >= 0.6 is 0 Å². The quantitative estimate of drug-likeness (QED) is 0.0784. The summed E-state index contributed by atoms with van der Waals surface area (Å²) in [4.78, 5) is 2.46. The zero-order chi connectivity index (χ0) is 39.8. The van der Waals surface area contributed by atoms with Crippen molar-refractivity contribution in [3.05, 3.63) is 236 Å². The molecule has 0 saturated heterocycles. The molecule has 0 radical (unpaired) electrons. The van der Waals surface area contributed by atoms with E-state index in [0.717, 1.165) is 50.2 Å². The number of hydrogen-bond acceptors (Lipinski definition) is 2. The van der Waals surface area contributed by atoms with Gasteiger partial charge in [0.1, 0.15) is 11.2 Å². The summed E-state index contributed by atoms with van der Waals surface area (Å²) in [5, 5.41) is 9.86. The summed E-state index contributed by atoms with van der Waals surface area (Å²) in [6, 6.07) is 72.6. The molecule has 0 fully saturated rings. The lowest BCUT2D eigenvalue weighted by molar-refractivity contribution is 0.669. The summed E-state index contributed by atoms with van der Waals surface area (Å²) in [7, 11) is -2.83. The van der Waals surface area contributed by atoms with Gasteiger partial charge in [-0.2, -0.15) is 0 Å². The Kier molecular flexibility index (Phi) is 9.25. The highest BCUT2D eigenvalue weighted by molar-refractivity contribution is 7.16. The average molecular weight is 775 g/mol. The molecule has 0 bridgehead atoms. The van der Waals surface area contributed by atoms with E-state index >= 15 is 0 Å². The van der Waals surface area contributed by atoms with Gasteiger partial charge in [0.15, 0.2) is 8.07 Å². The third kappa shape index (κ3) is 6.04. The molecular weight excluding hydrogens is 733 g/mol. The monoisotopic (exact) mass is 774 g/mol. The summed E-state index contributed by atoms with van der Waals surface area (Å²) in [5.41, 5.74) is 8.44. The number of benzene rings is 8. The number of nitrogens with zero attached hydrogens (tertiary/aromatic N) is 2. The molecular formula is C55H42N2OSi. The molecule has 8 aromatic carbocycles. The molecule has 0 aliphatic heterocycles. The first-order valence-electron chi connectivity index (χ1n) is 20.1. The minimum Gasteiger partial charge on any atom is -0.456 e. The Labute approximate surface area is 345 Å². The molecule has 0 aliphatic carbocycles. The predicted molar refractivity (Wildman–Crippen MR) is 253 cm³/mol. The Bertz CT molecular complexity index is 3150. The van der Waals surface area contributed by atoms with Crippen molar-refractivity contribution in [1.82, 2.24) is 4.57 Å². The number of hydrogen-bond donors (Lipinski definition) is 0. The summed E-state index contributed by atoms with van der Waals surface area (Å²) in [6.07, 6.45) is 8.26. The SMILES string of the molecule is C=C/C=C\C=C(/C)[Si](c1ccccc1)(c1ccccc1)c1cccc(N(c2ccc3oc4ccccc4c3c2)c2cccc3c2c2ccccc2n3-c2ccccc2)c1. The smallest absolute Gasteiger partial charge is 0.175 e. The molecule has 10 aromatic rings. The lowest BCUT2D eigenvalue weighted by Crippen LogP contribution is -2.68. The van der Waals surface area contributed by atoms with E-state index in [2.05, 4.69) is 223 Å². The number of aromatic nitrogens is 1. The maximum atomic E-state index is 6.37. The fourth-order valence-corrected chi connectivity index (χ4v) is 14.0. The largest absolute Gasteiger partial charge is 0.456 e. The van der Waals surface area contributed by atoms with Gasteiger partial charge in [0.25, 0.3) is 0 Å². The van der Waals surface area contributed by atoms with E-state index in [4.69, 9.17) is 4.42 Å². The fourth-order valence-electron chi connectivity index (χ4n) is 9.16. The van der Waals surface area contributed by atoms with Crippen LogP contribution in [0.2, 0.25) is 0 Å². The van der Waals surface area contributed by atoms with Crippen LogP contribution < -0.4 is 20.5 Å². The highest BCUT2D eigenvalue weighted by Gasteiger charge is 2.41. The lowest BCUT2D eigenvalue weighted by atomic mass is 10.1. The van der Waals surface area contributed by atoms with Crippen molar-refractivity contribution in [3.8, 4) is 5.69 Å². The minimum atomic E-state index is -2.83. The van der Waals surface area contributed by atoms with Crippen molar-refractivity contribution in [2.45, 2.75) is 6.92 Å². The highest BCUT2D eigenvalue weighted by Crippen LogP contribution is 2.45. The van der Waals surface area contributed by atoms with Crippen LogP contribution in [0.5, 0.6) is 0 Å². The second-order valence-electron chi connectivity index (χ2n) is 15.0. The van der Waals surface area contributed by atoms with Crippen molar-refractivity contribution >= 4 is 84.4 Å². The number of allylic oxidation sites excluding steroid dienone is 5. The van der Waals surface area contributed by atoms with Gasteiger partial charge in [0, 0.05) is 38.6 Å². The standard InChI is InChI=1S/C55H42N2OSi/c1-3-4-8-21-40(2)59(44-25-11-6-12-26-44,45-27-13-7-14-28-45)46-29-19-24-42(38-46)56(43-36-37-54-49(39-43)47-30-16-18-35-53(47)58-54)51-33-20-34-52-55(51)48-31-15-17-32-50(48)57(52)41-22-9-5-10-23-41/h3-39H,1H2,2H3/b8-4-,40-21+. The van der Waals surface area contributed by atoms with Crippen molar-refractivity contribution in [1.29, 1.82) is 0 Å². The van der Waals surface area contributed by atoms with Gasteiger partial charge in [0.2, 0.25) is 0 Å². The first-order valence-corrected chi connectivity index (χ1v) is 22.1. The number of fused-ring (bicyclic) bond motifs is 6. The number of rotatable bonds is 10. The lowest BCUT2D eigenvalue weighted by Gasteiger charge is -2.36. The van der Waals surface area contributed by atoms with Crippen LogP contribution in [0.25, 0.3) is 49.4 Å². The molecule has 0 unspecified atom stereocenters. The molecule has 0 aliphatic rings. The number of anilines is 3. The number of para-hydroxylation sites is 3. The van der Waals surface area contributed by atoms with Crippen molar-refractivity contribution in [2.24, 2.45) is 0 Å². The molecule has 2 heterocycles. The third-order valence-electron chi connectivity index (χ3n) is 11.7. The second kappa shape index (κ2) is 15.2. The van der Waals surface area contributed by atoms with Crippen LogP contribution in [0.4, 0.5) is 17.1 Å². The van der Waals surface area contributed by atoms with Crippen LogP contribution in [-0.2, 0) is 0 Å². The van der Waals surface area contributed by atoms with Gasteiger partial charge in [-0.15, -0.1) is 0 Å². The first kappa shape index (κ1) is 36.0. The van der Waals surface area contributed by atoms with Crippen molar-refractivity contribution in [3.63, 3.8) is 0 Å². The Morgan fingerprint density at radius 3 is 1.86 bits per heavy atom. The Balaban J connectivity index is 1.29. The summed E-state index contributed by atoms with van der Waals surface area (Å²) in [5.74, 6) is 0. The van der Waals surface area contributed by atoms with Crippen LogP contribution in [-0.4, -0.2) is 12.6 Å². The van der Waals surface area contributed by atoms with Gasteiger partial charge >= 0.3 is 0 Å². The molecule has 282 valence electrons.